The van der Waals surface area contributed by atoms with Crippen LogP contribution in [0, 0.1) is 0 Å². The zero-order valence-electron chi connectivity index (χ0n) is 14.2. The molecule has 0 saturated heterocycles. The molecule has 3 aromatic rings. The molecule has 0 aliphatic rings. The third kappa shape index (κ3) is 4.46. The number of methoxy groups -OCH3 is 1. The molecule has 1 amide bonds. The molecule has 142 valence electrons. The molecule has 0 bridgehead atoms. The van der Waals surface area contributed by atoms with Crippen molar-refractivity contribution < 1.29 is 27.5 Å². The van der Waals surface area contributed by atoms with Crippen LogP contribution in [0.15, 0.2) is 42.5 Å². The zero-order valence-corrected chi connectivity index (χ0v) is 14.2. The second-order valence-electron chi connectivity index (χ2n) is 5.56. The largest absolute Gasteiger partial charge is 0.497 e. The fourth-order valence-corrected chi connectivity index (χ4v) is 2.28. The summed E-state index contributed by atoms with van der Waals surface area (Å²) in [5.74, 6) is 0.242. The topological polar surface area (TPSA) is 78.3 Å². The molecular formula is C17H15F3N4O3. The highest BCUT2D eigenvalue weighted by molar-refractivity contribution is 5.78. The summed E-state index contributed by atoms with van der Waals surface area (Å²) in [6, 6.07) is 10.1. The zero-order chi connectivity index (χ0) is 19.4. The lowest BCUT2D eigenvalue weighted by molar-refractivity contribution is -0.137. The highest BCUT2D eigenvalue weighted by Gasteiger charge is 2.31. The van der Waals surface area contributed by atoms with Gasteiger partial charge in [-0.25, -0.2) is 0 Å². The van der Waals surface area contributed by atoms with Gasteiger partial charge in [0.2, 0.25) is 0 Å². The first kappa shape index (κ1) is 18.5. The molecule has 0 aliphatic carbocycles. The van der Waals surface area contributed by atoms with Crippen molar-refractivity contribution in [3.8, 4) is 5.75 Å². The molecule has 0 radical (unpaired) electrons. The van der Waals surface area contributed by atoms with Crippen LogP contribution in [0.5, 0.6) is 5.75 Å². The van der Waals surface area contributed by atoms with Gasteiger partial charge in [0, 0.05) is 6.54 Å². The fraction of sp³-hybridized carbons (Fsp3) is 0.235. The van der Waals surface area contributed by atoms with Crippen LogP contribution in [0.3, 0.4) is 0 Å². The number of amides is 1. The van der Waals surface area contributed by atoms with Gasteiger partial charge < -0.3 is 14.9 Å². The minimum absolute atomic E-state index is 0.0211. The molecule has 0 fully saturated rings. The van der Waals surface area contributed by atoms with Crippen molar-refractivity contribution in [1.29, 1.82) is 0 Å². The molecule has 27 heavy (non-hydrogen) atoms. The third-order valence-corrected chi connectivity index (χ3v) is 3.71. The highest BCUT2D eigenvalue weighted by Crippen LogP contribution is 2.30. The number of carbonyl (C=O) groups is 1. The fourth-order valence-electron chi connectivity index (χ4n) is 2.28. The van der Waals surface area contributed by atoms with E-state index in [9.17, 15) is 18.0 Å². The SMILES string of the molecule is COc1ccc(CNC(=O)COn2nnc3ccc(C(F)(F)F)cc32)cc1. The van der Waals surface area contributed by atoms with Gasteiger partial charge in [-0.05, 0) is 41.1 Å². The van der Waals surface area contributed by atoms with Crippen molar-refractivity contribution in [2.24, 2.45) is 0 Å². The first-order chi connectivity index (χ1) is 12.9. The van der Waals surface area contributed by atoms with E-state index in [1.165, 1.54) is 6.07 Å². The van der Waals surface area contributed by atoms with Gasteiger partial charge in [-0.3, -0.25) is 4.79 Å². The Kier molecular flexibility index (Phi) is 5.15. The highest BCUT2D eigenvalue weighted by atomic mass is 19.4. The van der Waals surface area contributed by atoms with E-state index in [1.54, 1.807) is 31.4 Å². The van der Waals surface area contributed by atoms with E-state index in [2.05, 4.69) is 15.6 Å². The average molecular weight is 380 g/mol. The van der Waals surface area contributed by atoms with Crippen LogP contribution >= 0.6 is 0 Å². The molecule has 7 nitrogen and oxygen atoms in total. The number of aromatic nitrogens is 3. The molecule has 0 saturated carbocycles. The Morgan fingerprint density at radius 1 is 1.19 bits per heavy atom. The number of fused-ring (bicyclic) bond motifs is 1. The lowest BCUT2D eigenvalue weighted by Crippen LogP contribution is -2.31. The van der Waals surface area contributed by atoms with Gasteiger partial charge in [-0.15, -0.1) is 5.10 Å². The van der Waals surface area contributed by atoms with Crippen LogP contribution in [-0.2, 0) is 17.5 Å². The number of rotatable bonds is 6. The Morgan fingerprint density at radius 2 is 1.93 bits per heavy atom. The molecule has 0 unspecified atom stereocenters. The van der Waals surface area contributed by atoms with E-state index in [0.29, 0.717) is 5.75 Å². The summed E-state index contributed by atoms with van der Waals surface area (Å²) in [5, 5.41) is 9.95. The molecule has 10 heteroatoms. The molecule has 1 heterocycles. The number of halogens is 3. The van der Waals surface area contributed by atoms with Gasteiger partial charge in [-0.2, -0.15) is 13.2 Å². The minimum Gasteiger partial charge on any atom is -0.497 e. The van der Waals surface area contributed by atoms with Gasteiger partial charge in [0.15, 0.2) is 6.61 Å². The summed E-state index contributed by atoms with van der Waals surface area (Å²) in [4.78, 5) is 17.9. The van der Waals surface area contributed by atoms with Crippen molar-refractivity contribution in [2.75, 3.05) is 13.7 Å². The lowest BCUT2D eigenvalue weighted by atomic mass is 10.2. The summed E-state index contributed by atoms with van der Waals surface area (Å²) < 4.78 is 43.5. The molecule has 2 aromatic carbocycles. The van der Waals surface area contributed by atoms with Crippen molar-refractivity contribution >= 4 is 16.9 Å². The molecule has 1 aromatic heterocycles. The molecule has 1 N–H and O–H groups in total. The predicted octanol–water partition coefficient (Wildman–Crippen LogP) is 2.20. The van der Waals surface area contributed by atoms with Gasteiger partial charge in [0.1, 0.15) is 16.8 Å². The summed E-state index contributed by atoms with van der Waals surface area (Å²) in [7, 11) is 1.56. The van der Waals surface area contributed by atoms with Crippen molar-refractivity contribution in [3.05, 3.63) is 53.6 Å². The lowest BCUT2D eigenvalue weighted by Gasteiger charge is -2.09. The van der Waals surface area contributed by atoms with Gasteiger partial charge >= 0.3 is 6.18 Å². The quantitative estimate of drug-likeness (QED) is 0.709. The summed E-state index contributed by atoms with van der Waals surface area (Å²) >= 11 is 0. The summed E-state index contributed by atoms with van der Waals surface area (Å²) in [5.41, 5.74) is 0.241. The average Bonchev–Trinajstić information content (AvgIpc) is 3.06. The van der Waals surface area contributed by atoms with E-state index < -0.39 is 24.3 Å². The monoisotopic (exact) mass is 380 g/mol. The van der Waals surface area contributed by atoms with Crippen LogP contribution in [0.2, 0.25) is 0 Å². The third-order valence-electron chi connectivity index (χ3n) is 3.71. The van der Waals surface area contributed by atoms with Crippen LogP contribution in [0.4, 0.5) is 13.2 Å². The van der Waals surface area contributed by atoms with Gasteiger partial charge in [0.25, 0.3) is 5.91 Å². The number of alkyl halides is 3. The maximum atomic E-state index is 12.8. The molecule has 0 atom stereocenters. The number of ether oxygens (including phenoxy) is 1. The molecule has 3 rings (SSSR count). The van der Waals surface area contributed by atoms with E-state index in [1.807, 2.05) is 0 Å². The van der Waals surface area contributed by atoms with Crippen molar-refractivity contribution in [1.82, 2.24) is 20.5 Å². The standard InChI is InChI=1S/C17H15F3N4O3/c1-26-13-5-2-11(3-6-13)9-21-16(25)10-27-24-15-8-12(17(18,19)20)4-7-14(15)22-23-24/h2-8H,9-10H2,1H3,(H,21,25). The van der Waals surface area contributed by atoms with Crippen LogP contribution in [0.1, 0.15) is 11.1 Å². The minimum atomic E-state index is -4.50. The normalized spacial score (nSPS) is 11.4. The molecule has 0 aliphatic heterocycles. The Labute approximate surface area is 151 Å². The second-order valence-corrected chi connectivity index (χ2v) is 5.56. The Morgan fingerprint density at radius 3 is 2.59 bits per heavy atom. The number of hydrogen-bond acceptors (Lipinski definition) is 5. The van der Waals surface area contributed by atoms with Crippen LogP contribution < -0.4 is 14.9 Å². The molecular weight excluding hydrogens is 365 g/mol. The maximum Gasteiger partial charge on any atom is 0.416 e. The summed E-state index contributed by atoms with van der Waals surface area (Å²) in [6.07, 6.45) is -4.50. The maximum absolute atomic E-state index is 12.8. The van der Waals surface area contributed by atoms with Crippen molar-refractivity contribution in [2.45, 2.75) is 12.7 Å². The number of carbonyl (C=O) groups excluding carboxylic acids is 1. The van der Waals surface area contributed by atoms with E-state index >= 15 is 0 Å². The van der Waals surface area contributed by atoms with Gasteiger partial charge in [-0.1, -0.05) is 17.0 Å². The number of benzene rings is 2. The first-order valence-electron chi connectivity index (χ1n) is 7.82. The number of nitrogens with zero attached hydrogens (tertiary/aromatic N) is 3. The predicted molar refractivity (Wildman–Crippen MR) is 88.8 cm³/mol. The Bertz CT molecular complexity index is 939. The van der Waals surface area contributed by atoms with Crippen LogP contribution in [-0.4, -0.2) is 34.8 Å². The Hall–Kier alpha value is -3.30. The van der Waals surface area contributed by atoms with E-state index in [4.69, 9.17) is 9.57 Å². The van der Waals surface area contributed by atoms with E-state index in [0.717, 1.165) is 22.5 Å². The number of hydrogen-bond donors (Lipinski definition) is 1. The van der Waals surface area contributed by atoms with Crippen molar-refractivity contribution in [3.63, 3.8) is 0 Å². The smallest absolute Gasteiger partial charge is 0.416 e. The summed E-state index contributed by atoms with van der Waals surface area (Å²) in [6.45, 7) is -0.159. The molecule has 0 spiro atoms. The first-order valence-corrected chi connectivity index (χ1v) is 7.82. The van der Waals surface area contributed by atoms with E-state index in [-0.39, 0.29) is 17.6 Å². The van der Waals surface area contributed by atoms with Crippen LogP contribution in [0.25, 0.3) is 11.0 Å². The number of nitrogens with one attached hydrogen (secondary N) is 1. The Balaban J connectivity index is 1.59. The van der Waals surface area contributed by atoms with Gasteiger partial charge in [0.05, 0.1) is 12.7 Å². The second kappa shape index (κ2) is 7.52.